The van der Waals surface area contributed by atoms with Crippen LogP contribution in [0.5, 0.6) is 0 Å². The van der Waals surface area contributed by atoms with E-state index in [9.17, 15) is 32.7 Å². The fourth-order valence-electron chi connectivity index (χ4n) is 4.64. The molecule has 0 aliphatic carbocycles. The molecule has 0 saturated carbocycles. The molecule has 0 bridgehead atoms. The Balaban J connectivity index is 2.35. The number of benzene rings is 2. The van der Waals surface area contributed by atoms with E-state index in [4.69, 9.17) is 4.74 Å². The van der Waals surface area contributed by atoms with Crippen molar-refractivity contribution in [1.82, 2.24) is 15.1 Å². The maximum absolute atomic E-state index is 14.7. The number of ether oxygens (including phenoxy) is 1. The molecule has 0 saturated heterocycles. The summed E-state index contributed by atoms with van der Waals surface area (Å²) in [6.07, 6.45) is -5.43. The second-order valence-corrected chi connectivity index (χ2v) is 9.53. The van der Waals surface area contributed by atoms with Gasteiger partial charge in [0.05, 0.1) is 18.3 Å². The van der Waals surface area contributed by atoms with Gasteiger partial charge in [-0.3, -0.25) is 19.4 Å². The Hall–Kier alpha value is -3.86. The molecule has 39 heavy (non-hydrogen) atoms. The van der Waals surface area contributed by atoms with Gasteiger partial charge in [-0.25, -0.2) is 4.79 Å². The summed E-state index contributed by atoms with van der Waals surface area (Å²) >= 11 is 0. The highest BCUT2D eigenvalue weighted by Gasteiger charge is 2.63. The van der Waals surface area contributed by atoms with Crippen LogP contribution >= 0.6 is 0 Å². The van der Waals surface area contributed by atoms with Crippen LogP contribution in [-0.2, 0) is 20.7 Å². The zero-order valence-electron chi connectivity index (χ0n) is 22.1. The van der Waals surface area contributed by atoms with Gasteiger partial charge in [0.1, 0.15) is 6.04 Å². The fourth-order valence-corrected chi connectivity index (χ4v) is 4.64. The minimum Gasteiger partial charge on any atom is -0.449 e. The van der Waals surface area contributed by atoms with Crippen molar-refractivity contribution in [3.8, 4) is 0 Å². The van der Waals surface area contributed by atoms with Gasteiger partial charge in [0, 0.05) is 13.1 Å². The van der Waals surface area contributed by atoms with Crippen molar-refractivity contribution in [2.24, 2.45) is 5.92 Å². The Morgan fingerprint density at radius 1 is 1.05 bits per heavy atom. The highest BCUT2D eigenvalue weighted by Crippen LogP contribution is 2.41. The third-order valence-corrected chi connectivity index (χ3v) is 6.36. The predicted octanol–water partition coefficient (Wildman–Crippen LogP) is 4.31. The Morgan fingerprint density at radius 3 is 2.10 bits per heavy atom. The lowest BCUT2D eigenvalue weighted by molar-refractivity contribution is -0.287. The van der Waals surface area contributed by atoms with Crippen molar-refractivity contribution >= 4 is 23.6 Å². The number of nitrogens with one attached hydrogen (secondary N) is 1. The van der Waals surface area contributed by atoms with E-state index in [0.717, 1.165) is 16.7 Å². The number of halogens is 3. The first-order valence-corrected chi connectivity index (χ1v) is 12.5. The highest BCUT2D eigenvalue weighted by atomic mass is 19.4. The molecular weight excluding hydrogens is 515 g/mol. The maximum atomic E-state index is 14.7. The molecule has 0 fully saturated rings. The number of rotatable bonds is 8. The Kier molecular flexibility index (Phi) is 9.06. The first-order chi connectivity index (χ1) is 18.3. The summed E-state index contributed by atoms with van der Waals surface area (Å²) in [6.45, 7) is 5.74. The van der Waals surface area contributed by atoms with Crippen LogP contribution in [0.4, 0.5) is 18.0 Å². The smallest absolute Gasteiger partial charge is 0.438 e. The largest absolute Gasteiger partial charge is 0.449 e. The molecule has 8 nitrogen and oxygen atoms in total. The Bertz CT molecular complexity index is 1200. The zero-order chi connectivity index (χ0) is 29.0. The molecule has 1 aliphatic rings. The van der Waals surface area contributed by atoms with Crippen LogP contribution in [0.25, 0.3) is 5.70 Å². The number of carbonyl (C=O) groups excluding carboxylic acids is 3. The van der Waals surface area contributed by atoms with Gasteiger partial charge in [-0.1, -0.05) is 74.5 Å². The van der Waals surface area contributed by atoms with Crippen molar-refractivity contribution in [3.05, 3.63) is 78.0 Å². The van der Waals surface area contributed by atoms with Crippen LogP contribution in [0.3, 0.4) is 0 Å². The molecule has 0 aromatic heterocycles. The molecular formula is C28H32F3N3O5. The van der Waals surface area contributed by atoms with Crippen molar-refractivity contribution in [2.45, 2.75) is 58.1 Å². The maximum Gasteiger partial charge on any atom is 0.438 e. The molecule has 3 amide bonds. The number of alkyl halides is 3. The number of hydrogen-bond acceptors (Lipinski definition) is 5. The predicted molar refractivity (Wildman–Crippen MR) is 138 cm³/mol. The van der Waals surface area contributed by atoms with Crippen LogP contribution in [0, 0.1) is 5.92 Å². The molecule has 3 unspecified atom stereocenters. The van der Waals surface area contributed by atoms with Crippen molar-refractivity contribution in [2.75, 3.05) is 6.61 Å². The van der Waals surface area contributed by atoms with Crippen LogP contribution in [-0.4, -0.2) is 63.4 Å². The normalized spacial score (nSPS) is 18.3. The lowest BCUT2D eigenvalue weighted by Crippen LogP contribution is -2.72. The standard InChI is InChI=1S/C28H32F3N3O5/c1-5-39-26(37)33-17-22(21-14-10-7-11-15-21)34(25(36)24(33)18(2)3)23(16-20-12-8-6-9-13-20)27(38,28(29,30)31)32-19(4)35/h6-15,17-18,23-24,38H,5,16H2,1-4H3,(H,32,35). The summed E-state index contributed by atoms with van der Waals surface area (Å²) in [4.78, 5) is 41.0. The van der Waals surface area contributed by atoms with E-state index in [2.05, 4.69) is 0 Å². The third kappa shape index (κ3) is 6.25. The summed E-state index contributed by atoms with van der Waals surface area (Å²) in [6, 6.07) is 12.8. The van der Waals surface area contributed by atoms with Gasteiger partial charge in [0.25, 0.3) is 11.6 Å². The lowest BCUT2D eigenvalue weighted by Gasteiger charge is -2.48. The summed E-state index contributed by atoms with van der Waals surface area (Å²) in [5, 5.41) is 12.9. The monoisotopic (exact) mass is 547 g/mol. The number of nitrogens with zero attached hydrogens (tertiary/aromatic N) is 2. The molecule has 1 aliphatic heterocycles. The fraction of sp³-hybridized carbons (Fsp3) is 0.393. The molecule has 11 heteroatoms. The molecule has 2 aromatic carbocycles. The minimum absolute atomic E-state index is 0.0134. The summed E-state index contributed by atoms with van der Waals surface area (Å²) < 4.78 is 49.2. The quantitative estimate of drug-likeness (QED) is 0.480. The first-order valence-electron chi connectivity index (χ1n) is 12.5. The number of carbonyl (C=O) groups is 3. The number of hydrogen-bond donors (Lipinski definition) is 2. The average Bonchev–Trinajstić information content (AvgIpc) is 2.87. The van der Waals surface area contributed by atoms with Gasteiger partial charge >= 0.3 is 12.3 Å². The Labute approximate surface area is 225 Å². The second kappa shape index (κ2) is 11.9. The van der Waals surface area contributed by atoms with Crippen LogP contribution in [0.1, 0.15) is 38.8 Å². The van der Waals surface area contributed by atoms with Gasteiger partial charge in [-0.05, 0) is 30.4 Å². The SMILES string of the molecule is CCOC(=O)N1C=C(c2ccccc2)N(C(Cc2ccccc2)C(O)(NC(C)=O)C(F)(F)F)C(=O)C1C(C)C. The molecule has 1 heterocycles. The molecule has 2 aromatic rings. The van der Waals surface area contributed by atoms with Gasteiger partial charge in [0.15, 0.2) is 0 Å². The lowest BCUT2D eigenvalue weighted by atomic mass is 9.89. The van der Waals surface area contributed by atoms with E-state index in [1.165, 1.54) is 6.20 Å². The highest BCUT2D eigenvalue weighted by molar-refractivity contribution is 5.96. The van der Waals surface area contributed by atoms with E-state index in [1.54, 1.807) is 86.8 Å². The van der Waals surface area contributed by atoms with E-state index >= 15 is 0 Å². The Morgan fingerprint density at radius 2 is 1.62 bits per heavy atom. The van der Waals surface area contributed by atoms with Gasteiger partial charge in [-0.15, -0.1) is 0 Å². The third-order valence-electron chi connectivity index (χ3n) is 6.36. The van der Waals surface area contributed by atoms with E-state index in [0.29, 0.717) is 11.1 Å². The van der Waals surface area contributed by atoms with Crippen LogP contribution < -0.4 is 5.32 Å². The molecule has 0 spiro atoms. The minimum atomic E-state index is -5.38. The molecule has 210 valence electrons. The second-order valence-electron chi connectivity index (χ2n) is 9.53. The van der Waals surface area contributed by atoms with E-state index < -0.39 is 54.2 Å². The van der Waals surface area contributed by atoms with E-state index in [-0.39, 0.29) is 12.3 Å². The summed E-state index contributed by atoms with van der Waals surface area (Å²) in [7, 11) is 0. The van der Waals surface area contributed by atoms with Crippen molar-refractivity contribution < 1.29 is 37.4 Å². The summed E-state index contributed by atoms with van der Waals surface area (Å²) in [5.74, 6) is -2.56. The number of aliphatic hydroxyl groups is 1. The average molecular weight is 548 g/mol. The van der Waals surface area contributed by atoms with Gasteiger partial charge < -0.3 is 15.2 Å². The van der Waals surface area contributed by atoms with Crippen LogP contribution in [0.2, 0.25) is 0 Å². The number of amides is 3. The van der Waals surface area contributed by atoms with Gasteiger partial charge in [-0.2, -0.15) is 13.2 Å². The molecule has 0 radical (unpaired) electrons. The molecule has 3 rings (SSSR count). The topological polar surface area (TPSA) is 99.2 Å². The van der Waals surface area contributed by atoms with E-state index in [1.807, 2.05) is 0 Å². The van der Waals surface area contributed by atoms with Crippen molar-refractivity contribution in [3.63, 3.8) is 0 Å². The zero-order valence-corrected chi connectivity index (χ0v) is 22.1. The van der Waals surface area contributed by atoms with Gasteiger partial charge in [0.2, 0.25) is 5.91 Å². The molecule has 3 atom stereocenters. The van der Waals surface area contributed by atoms with Crippen LogP contribution in [0.15, 0.2) is 66.9 Å². The molecule has 2 N–H and O–H groups in total. The first kappa shape index (κ1) is 29.7. The summed E-state index contributed by atoms with van der Waals surface area (Å²) in [5.41, 5.74) is -3.22. The van der Waals surface area contributed by atoms with Crippen molar-refractivity contribution in [1.29, 1.82) is 0 Å².